The van der Waals surface area contributed by atoms with E-state index in [1.54, 1.807) is 7.05 Å². The molecule has 0 bridgehead atoms. The minimum Gasteiger partial charge on any atom is -0.328 e. The van der Waals surface area contributed by atoms with Crippen molar-refractivity contribution in [3.63, 3.8) is 0 Å². The highest BCUT2D eigenvalue weighted by molar-refractivity contribution is 6.31. The Morgan fingerprint density at radius 2 is 2.20 bits per heavy atom. The average molecular weight is 232 g/mol. The van der Waals surface area contributed by atoms with Gasteiger partial charge in [0.25, 0.3) is 0 Å². The zero-order valence-corrected chi connectivity index (χ0v) is 9.47. The fourth-order valence-electron chi connectivity index (χ4n) is 2.25. The number of alkyl halides is 1. The Balaban J connectivity index is 2.30. The van der Waals surface area contributed by atoms with Gasteiger partial charge < -0.3 is 5.73 Å². The number of hydrogen-bond donors (Lipinski definition) is 1. The van der Waals surface area contributed by atoms with Crippen molar-refractivity contribution in [2.24, 2.45) is 12.8 Å². The molecule has 0 atom stereocenters. The van der Waals surface area contributed by atoms with Gasteiger partial charge in [-0.05, 0) is 25.7 Å². The first-order chi connectivity index (χ1) is 7.03. The van der Waals surface area contributed by atoms with Gasteiger partial charge in [0.2, 0.25) is 0 Å². The number of halogens is 2. The van der Waals surface area contributed by atoms with E-state index in [9.17, 15) is 4.39 Å². The van der Waals surface area contributed by atoms with Crippen LogP contribution in [0.3, 0.4) is 0 Å². The Morgan fingerprint density at radius 1 is 1.60 bits per heavy atom. The molecule has 15 heavy (non-hydrogen) atoms. The van der Waals surface area contributed by atoms with E-state index in [1.165, 1.54) is 10.9 Å². The summed E-state index contributed by atoms with van der Waals surface area (Å²) in [4.78, 5) is 0. The van der Waals surface area contributed by atoms with Crippen molar-refractivity contribution in [1.29, 1.82) is 0 Å². The number of aryl methyl sites for hydroxylation is 1. The second-order valence-electron chi connectivity index (χ2n) is 4.27. The third kappa shape index (κ3) is 1.88. The van der Waals surface area contributed by atoms with Crippen LogP contribution in [0.5, 0.6) is 0 Å². The summed E-state index contributed by atoms with van der Waals surface area (Å²) in [5, 5.41) is 4.38. The van der Waals surface area contributed by atoms with Gasteiger partial charge in [-0.2, -0.15) is 5.10 Å². The summed E-state index contributed by atoms with van der Waals surface area (Å²) in [6.07, 6.45) is 3.78. The van der Waals surface area contributed by atoms with E-state index in [4.69, 9.17) is 17.3 Å². The summed E-state index contributed by atoms with van der Waals surface area (Å²) in [5.41, 5.74) is 4.91. The molecule has 1 fully saturated rings. The number of nitrogens with zero attached hydrogens (tertiary/aromatic N) is 2. The molecule has 1 aliphatic carbocycles. The Kier molecular flexibility index (Phi) is 2.73. The van der Waals surface area contributed by atoms with E-state index in [1.807, 2.05) is 0 Å². The molecule has 2 N–H and O–H groups in total. The molecule has 0 saturated heterocycles. The first kappa shape index (κ1) is 10.9. The third-order valence-corrected chi connectivity index (χ3v) is 3.42. The molecule has 1 heterocycles. The predicted octanol–water partition coefficient (Wildman–Crippen LogP) is 2.14. The van der Waals surface area contributed by atoms with Gasteiger partial charge in [-0.15, -0.1) is 0 Å². The Labute approximate surface area is 93.4 Å². The number of aromatic nitrogens is 2. The van der Waals surface area contributed by atoms with Gasteiger partial charge in [0.15, 0.2) is 5.67 Å². The molecule has 3 nitrogen and oxygen atoms in total. The van der Waals surface area contributed by atoms with Crippen LogP contribution in [-0.2, 0) is 12.7 Å². The maximum Gasteiger partial charge on any atom is 0.154 e. The van der Waals surface area contributed by atoms with E-state index >= 15 is 0 Å². The van der Waals surface area contributed by atoms with Crippen LogP contribution >= 0.6 is 11.6 Å². The van der Waals surface area contributed by atoms with Crippen molar-refractivity contribution >= 4 is 11.6 Å². The quantitative estimate of drug-likeness (QED) is 0.805. The summed E-state index contributed by atoms with van der Waals surface area (Å²) in [6.45, 7) is 0. The van der Waals surface area contributed by atoms with Crippen molar-refractivity contribution in [1.82, 2.24) is 9.78 Å². The molecule has 0 amide bonds. The summed E-state index contributed by atoms with van der Waals surface area (Å²) in [6, 6.07) is 0.126. The van der Waals surface area contributed by atoms with Crippen molar-refractivity contribution in [2.45, 2.75) is 37.4 Å². The third-order valence-electron chi connectivity index (χ3n) is 3.14. The highest BCUT2D eigenvalue weighted by Gasteiger charge is 2.40. The van der Waals surface area contributed by atoms with Crippen LogP contribution < -0.4 is 5.73 Å². The van der Waals surface area contributed by atoms with Gasteiger partial charge in [-0.25, -0.2) is 4.39 Å². The average Bonchev–Trinajstić information content (AvgIpc) is 2.52. The van der Waals surface area contributed by atoms with Crippen LogP contribution in [0.1, 0.15) is 31.4 Å². The van der Waals surface area contributed by atoms with E-state index in [0.717, 1.165) is 0 Å². The lowest BCUT2D eigenvalue weighted by atomic mass is 9.82. The van der Waals surface area contributed by atoms with Crippen molar-refractivity contribution in [3.8, 4) is 0 Å². The zero-order chi connectivity index (χ0) is 11.1. The van der Waals surface area contributed by atoms with E-state index in [0.29, 0.717) is 36.4 Å². The molecule has 5 heteroatoms. The number of hydrogen-bond acceptors (Lipinski definition) is 2. The van der Waals surface area contributed by atoms with Crippen LogP contribution in [0, 0.1) is 0 Å². The summed E-state index contributed by atoms with van der Waals surface area (Å²) >= 11 is 5.95. The van der Waals surface area contributed by atoms with Crippen LogP contribution in [0.15, 0.2) is 6.20 Å². The molecule has 1 saturated carbocycles. The molecule has 84 valence electrons. The second-order valence-corrected chi connectivity index (χ2v) is 4.67. The molecule has 0 aromatic carbocycles. The van der Waals surface area contributed by atoms with E-state index < -0.39 is 5.67 Å². The fourth-order valence-corrected chi connectivity index (χ4v) is 2.58. The van der Waals surface area contributed by atoms with Crippen molar-refractivity contribution in [3.05, 3.63) is 16.9 Å². The van der Waals surface area contributed by atoms with E-state index in [2.05, 4.69) is 5.10 Å². The molecule has 0 unspecified atom stereocenters. The summed E-state index contributed by atoms with van der Waals surface area (Å²) in [5.74, 6) is 0. The lowest BCUT2D eigenvalue weighted by molar-refractivity contribution is 0.0884. The lowest BCUT2D eigenvalue weighted by Crippen LogP contribution is -2.35. The Bertz CT molecular complexity index is 336. The fraction of sp³-hybridized carbons (Fsp3) is 0.700. The minimum atomic E-state index is -1.35. The van der Waals surface area contributed by atoms with Crippen LogP contribution in [-0.4, -0.2) is 15.8 Å². The second kappa shape index (κ2) is 3.76. The van der Waals surface area contributed by atoms with Crippen LogP contribution in [0.4, 0.5) is 4.39 Å². The predicted molar refractivity (Wildman–Crippen MR) is 57.4 cm³/mol. The smallest absolute Gasteiger partial charge is 0.154 e. The molecule has 0 radical (unpaired) electrons. The van der Waals surface area contributed by atoms with E-state index in [-0.39, 0.29) is 6.04 Å². The normalized spacial score (nSPS) is 31.9. The van der Waals surface area contributed by atoms with Gasteiger partial charge in [0.05, 0.1) is 16.9 Å². The van der Waals surface area contributed by atoms with Gasteiger partial charge in [0, 0.05) is 13.1 Å². The molecule has 2 rings (SSSR count). The topological polar surface area (TPSA) is 43.8 Å². The van der Waals surface area contributed by atoms with Crippen LogP contribution in [0.25, 0.3) is 0 Å². The largest absolute Gasteiger partial charge is 0.328 e. The molecule has 0 aliphatic heterocycles. The first-order valence-corrected chi connectivity index (χ1v) is 5.53. The number of nitrogens with two attached hydrogens (primary N) is 1. The van der Waals surface area contributed by atoms with Gasteiger partial charge >= 0.3 is 0 Å². The Morgan fingerprint density at radius 3 is 2.67 bits per heavy atom. The minimum absolute atomic E-state index is 0.126. The molecular formula is C10H15ClFN3. The standard InChI is InChI=1S/C10H15ClFN3/c1-15-9(8(11)6-14-15)10(12)4-2-7(13)3-5-10/h6-7H,2-5,13H2,1H3. The molecule has 1 aromatic rings. The molecule has 1 aliphatic rings. The summed E-state index contributed by atoms with van der Waals surface area (Å²) in [7, 11) is 1.72. The molecule has 1 aromatic heterocycles. The van der Waals surface area contributed by atoms with Crippen molar-refractivity contribution in [2.75, 3.05) is 0 Å². The van der Waals surface area contributed by atoms with Gasteiger partial charge in [-0.1, -0.05) is 11.6 Å². The SMILES string of the molecule is Cn1ncc(Cl)c1C1(F)CCC(N)CC1. The summed E-state index contributed by atoms with van der Waals surface area (Å²) < 4.78 is 16.2. The van der Waals surface area contributed by atoms with Gasteiger partial charge in [-0.3, -0.25) is 4.68 Å². The highest BCUT2D eigenvalue weighted by atomic mass is 35.5. The monoisotopic (exact) mass is 231 g/mol. The Hall–Kier alpha value is -0.610. The van der Waals surface area contributed by atoms with Crippen LogP contribution in [0.2, 0.25) is 5.02 Å². The lowest BCUT2D eigenvalue weighted by Gasteiger charge is -2.32. The maximum atomic E-state index is 14.6. The van der Waals surface area contributed by atoms with Gasteiger partial charge in [0.1, 0.15) is 0 Å². The molecule has 0 spiro atoms. The van der Waals surface area contributed by atoms with Crippen molar-refractivity contribution < 1.29 is 4.39 Å². The molecular weight excluding hydrogens is 217 g/mol. The maximum absolute atomic E-state index is 14.6. The highest BCUT2D eigenvalue weighted by Crippen LogP contribution is 2.42. The number of rotatable bonds is 1. The first-order valence-electron chi connectivity index (χ1n) is 5.15. The zero-order valence-electron chi connectivity index (χ0n) is 8.71.